The van der Waals surface area contributed by atoms with Gasteiger partial charge in [-0.3, -0.25) is 4.79 Å². The average molecular weight is 378 g/mol. The van der Waals surface area contributed by atoms with Gasteiger partial charge in [0.25, 0.3) is 0 Å². The first kappa shape index (κ1) is 19.4. The van der Waals surface area contributed by atoms with Crippen molar-refractivity contribution in [2.24, 2.45) is 5.16 Å². The maximum Gasteiger partial charge on any atom is 0.331 e. The molecule has 2 aromatic carbocycles. The fourth-order valence-corrected chi connectivity index (χ4v) is 3.39. The zero-order valence-corrected chi connectivity index (χ0v) is 16.5. The van der Waals surface area contributed by atoms with Crippen molar-refractivity contribution in [1.29, 1.82) is 0 Å². The van der Waals surface area contributed by atoms with Gasteiger partial charge in [-0.25, -0.2) is 4.79 Å². The molecule has 0 aliphatic carbocycles. The molecule has 0 aliphatic rings. The number of carbonyl (C=O) groups is 2. The van der Waals surface area contributed by atoms with Gasteiger partial charge in [-0.05, 0) is 52.0 Å². The molecule has 3 rings (SSSR count). The minimum atomic E-state index is -0.544. The van der Waals surface area contributed by atoms with E-state index in [4.69, 9.17) is 4.84 Å². The Labute approximate surface area is 163 Å². The highest BCUT2D eigenvalue weighted by molar-refractivity contribution is 6.12. The van der Waals surface area contributed by atoms with Gasteiger partial charge >= 0.3 is 5.97 Å². The molecule has 1 aromatic heterocycles. The Hall–Kier alpha value is -3.41. The number of oxime groups is 1. The highest BCUT2D eigenvalue weighted by Gasteiger charge is 2.21. The van der Waals surface area contributed by atoms with Crippen molar-refractivity contribution in [2.45, 2.75) is 34.6 Å². The summed E-state index contributed by atoms with van der Waals surface area (Å²) in [4.78, 5) is 28.0. The van der Waals surface area contributed by atoms with Crippen LogP contribution in [0.25, 0.3) is 16.6 Å². The lowest BCUT2D eigenvalue weighted by atomic mass is 10.0. The standard InChI is InChI=1S/C22H22N2O4/c1-12-6-8-17(9-7-12)24-14(3)22(15(4)25)19-11-21(27)18(10-20(19)24)13(2)23-28-16(5)26/h6-11,27H,1-5H3/b23-13-. The molecule has 0 spiro atoms. The Morgan fingerprint density at radius 2 is 1.68 bits per heavy atom. The van der Waals surface area contributed by atoms with Crippen LogP contribution in [0.15, 0.2) is 41.6 Å². The van der Waals surface area contributed by atoms with Crippen LogP contribution in [0.5, 0.6) is 5.75 Å². The molecular weight excluding hydrogens is 356 g/mol. The van der Waals surface area contributed by atoms with E-state index in [9.17, 15) is 14.7 Å². The zero-order chi connectivity index (χ0) is 20.6. The summed E-state index contributed by atoms with van der Waals surface area (Å²) in [5, 5.41) is 14.9. The Bertz CT molecular complexity index is 1120. The maximum atomic E-state index is 12.3. The topological polar surface area (TPSA) is 80.9 Å². The van der Waals surface area contributed by atoms with E-state index in [1.165, 1.54) is 13.8 Å². The molecule has 0 saturated heterocycles. The molecule has 0 amide bonds. The lowest BCUT2D eigenvalue weighted by molar-refractivity contribution is -0.140. The van der Waals surface area contributed by atoms with Gasteiger partial charge in [0.2, 0.25) is 0 Å². The number of benzene rings is 2. The number of nitrogens with zero attached hydrogens (tertiary/aromatic N) is 2. The molecule has 6 heteroatoms. The quantitative estimate of drug-likeness (QED) is 0.315. The first-order valence-corrected chi connectivity index (χ1v) is 8.89. The van der Waals surface area contributed by atoms with Gasteiger partial charge < -0.3 is 14.5 Å². The van der Waals surface area contributed by atoms with Crippen LogP contribution in [-0.4, -0.2) is 27.1 Å². The molecule has 6 nitrogen and oxygen atoms in total. The average Bonchev–Trinajstić information content (AvgIpc) is 2.90. The van der Waals surface area contributed by atoms with Crippen molar-refractivity contribution in [3.63, 3.8) is 0 Å². The monoisotopic (exact) mass is 378 g/mol. The number of aromatic nitrogens is 1. The Balaban J connectivity index is 2.33. The van der Waals surface area contributed by atoms with Gasteiger partial charge in [0.05, 0.1) is 11.2 Å². The highest BCUT2D eigenvalue weighted by atomic mass is 16.7. The van der Waals surface area contributed by atoms with Crippen molar-refractivity contribution in [3.05, 3.63) is 58.8 Å². The van der Waals surface area contributed by atoms with E-state index in [1.807, 2.05) is 42.7 Å². The molecule has 0 aliphatic heterocycles. The van der Waals surface area contributed by atoms with Gasteiger partial charge in [0, 0.05) is 34.8 Å². The molecule has 0 saturated carbocycles. The molecule has 1 N–H and O–H groups in total. The fraction of sp³-hybridized carbons (Fsp3) is 0.227. The van der Waals surface area contributed by atoms with E-state index in [-0.39, 0.29) is 11.5 Å². The van der Waals surface area contributed by atoms with Crippen molar-refractivity contribution in [1.82, 2.24) is 4.57 Å². The van der Waals surface area contributed by atoms with Gasteiger partial charge in [-0.1, -0.05) is 22.9 Å². The smallest absolute Gasteiger partial charge is 0.331 e. The second kappa shape index (κ2) is 7.31. The molecule has 28 heavy (non-hydrogen) atoms. The molecule has 1 heterocycles. The van der Waals surface area contributed by atoms with Crippen molar-refractivity contribution in [3.8, 4) is 11.4 Å². The number of aryl methyl sites for hydroxylation is 1. The van der Waals surface area contributed by atoms with E-state index >= 15 is 0 Å². The van der Waals surface area contributed by atoms with Crippen molar-refractivity contribution in [2.75, 3.05) is 0 Å². The van der Waals surface area contributed by atoms with Crippen LogP contribution in [0, 0.1) is 13.8 Å². The van der Waals surface area contributed by atoms with E-state index in [1.54, 1.807) is 19.1 Å². The second-order valence-electron chi connectivity index (χ2n) is 6.83. The molecule has 0 unspecified atom stereocenters. The van der Waals surface area contributed by atoms with Crippen molar-refractivity contribution >= 4 is 28.4 Å². The largest absolute Gasteiger partial charge is 0.507 e. The van der Waals surface area contributed by atoms with Crippen LogP contribution in [0.3, 0.4) is 0 Å². The third kappa shape index (κ3) is 3.41. The van der Waals surface area contributed by atoms with Crippen LogP contribution >= 0.6 is 0 Å². The van der Waals surface area contributed by atoms with E-state index in [0.29, 0.717) is 22.2 Å². The van der Waals surface area contributed by atoms with Crippen LogP contribution in [0.1, 0.15) is 48.0 Å². The SMILES string of the molecule is CC(=O)O/N=C(/C)c1cc2c(cc1O)c(C(C)=O)c(C)n2-c1ccc(C)cc1. The predicted octanol–water partition coefficient (Wildman–Crippen LogP) is 4.44. The van der Waals surface area contributed by atoms with Crippen LogP contribution in [0.4, 0.5) is 0 Å². The van der Waals surface area contributed by atoms with Gasteiger partial charge in [-0.2, -0.15) is 0 Å². The van der Waals surface area contributed by atoms with E-state index in [0.717, 1.165) is 22.5 Å². The summed E-state index contributed by atoms with van der Waals surface area (Å²) in [6.07, 6.45) is 0. The normalized spacial score (nSPS) is 11.7. The molecule has 3 aromatic rings. The Morgan fingerprint density at radius 3 is 2.25 bits per heavy atom. The molecule has 144 valence electrons. The third-order valence-corrected chi connectivity index (χ3v) is 4.67. The number of aromatic hydroxyl groups is 1. The summed E-state index contributed by atoms with van der Waals surface area (Å²) in [6.45, 7) is 8.30. The number of fused-ring (bicyclic) bond motifs is 1. The zero-order valence-electron chi connectivity index (χ0n) is 16.5. The number of phenols is 1. The molecule has 0 fully saturated rings. The number of phenolic OH excluding ortho intramolecular Hbond substituents is 1. The molecule has 0 atom stereocenters. The summed E-state index contributed by atoms with van der Waals surface area (Å²) in [5.41, 5.74) is 4.93. The third-order valence-electron chi connectivity index (χ3n) is 4.67. The first-order chi connectivity index (χ1) is 13.2. The predicted molar refractivity (Wildman–Crippen MR) is 108 cm³/mol. The highest BCUT2D eigenvalue weighted by Crippen LogP contribution is 2.34. The summed E-state index contributed by atoms with van der Waals surface area (Å²) >= 11 is 0. The van der Waals surface area contributed by atoms with E-state index in [2.05, 4.69) is 5.16 Å². The van der Waals surface area contributed by atoms with E-state index < -0.39 is 5.97 Å². The summed E-state index contributed by atoms with van der Waals surface area (Å²) in [5.74, 6) is -0.659. The molecule has 0 bridgehead atoms. The molecular formula is C22H22N2O4. The second-order valence-corrected chi connectivity index (χ2v) is 6.83. The van der Waals surface area contributed by atoms with Crippen LogP contribution in [-0.2, 0) is 9.63 Å². The number of carbonyl (C=O) groups excluding carboxylic acids is 2. The summed E-state index contributed by atoms with van der Waals surface area (Å²) in [7, 11) is 0. The lowest BCUT2D eigenvalue weighted by Crippen LogP contribution is -2.01. The van der Waals surface area contributed by atoms with Gasteiger partial charge in [0.1, 0.15) is 5.75 Å². The van der Waals surface area contributed by atoms with Crippen molar-refractivity contribution < 1.29 is 19.5 Å². The van der Waals surface area contributed by atoms with Crippen LogP contribution in [0.2, 0.25) is 0 Å². The number of hydrogen-bond acceptors (Lipinski definition) is 5. The summed E-state index contributed by atoms with van der Waals surface area (Å²) < 4.78 is 1.98. The lowest BCUT2D eigenvalue weighted by Gasteiger charge is -2.10. The van der Waals surface area contributed by atoms with Gasteiger partial charge in [0.15, 0.2) is 5.78 Å². The molecule has 0 radical (unpaired) electrons. The maximum absolute atomic E-state index is 12.3. The minimum absolute atomic E-state index is 0.0375. The van der Waals surface area contributed by atoms with Gasteiger partial charge in [-0.15, -0.1) is 0 Å². The number of ketones is 1. The Morgan fingerprint density at radius 1 is 1.04 bits per heavy atom. The van der Waals surface area contributed by atoms with Crippen LogP contribution < -0.4 is 0 Å². The Kier molecular flexibility index (Phi) is 5.05. The summed E-state index contributed by atoms with van der Waals surface area (Å²) in [6, 6.07) is 11.3. The first-order valence-electron chi connectivity index (χ1n) is 8.89. The number of Topliss-reactive ketones (excluding diaryl/α,β-unsaturated/α-hetero) is 1. The fourth-order valence-electron chi connectivity index (χ4n) is 3.39. The number of rotatable bonds is 4. The number of hydrogen-bond donors (Lipinski definition) is 1. The minimum Gasteiger partial charge on any atom is -0.507 e.